The van der Waals surface area contributed by atoms with Crippen LogP contribution in [0.2, 0.25) is 0 Å². The van der Waals surface area contributed by atoms with Gasteiger partial charge in [0, 0.05) is 19.4 Å². The van der Waals surface area contributed by atoms with Gasteiger partial charge in [0.1, 0.15) is 0 Å². The molecule has 3 heterocycles. The Morgan fingerprint density at radius 3 is 2.71 bits per heavy atom. The first-order valence-electron chi connectivity index (χ1n) is 10.6. The summed E-state index contributed by atoms with van der Waals surface area (Å²) in [6.07, 6.45) is 3.97. The molecule has 0 fully saturated rings. The van der Waals surface area contributed by atoms with E-state index < -0.39 is 0 Å². The van der Waals surface area contributed by atoms with Crippen LogP contribution in [0.1, 0.15) is 35.0 Å². The molecule has 31 heavy (non-hydrogen) atoms. The van der Waals surface area contributed by atoms with E-state index in [0.717, 1.165) is 19.4 Å². The second-order valence-corrected chi connectivity index (χ2v) is 7.73. The van der Waals surface area contributed by atoms with Crippen LogP contribution in [0.25, 0.3) is 11.6 Å². The molecule has 6 heteroatoms. The van der Waals surface area contributed by atoms with Crippen molar-refractivity contribution in [1.82, 2.24) is 15.0 Å². The molecule has 1 atom stereocenters. The third kappa shape index (κ3) is 4.14. The number of hydrogen-bond donors (Lipinski definition) is 0. The number of amides is 1. The standard InChI is InChI=1S/C25H23N3O3/c29-24(13-12-23-26-25(27-31-23)22-11-6-16-30-22)28-15-14-19-9-4-5-10-20(19)21(28)17-18-7-2-1-3-8-18/h1-11,16,21H,12-15,17H2. The van der Waals surface area contributed by atoms with Crippen LogP contribution in [0.15, 0.2) is 81.9 Å². The molecule has 2 aromatic heterocycles. The summed E-state index contributed by atoms with van der Waals surface area (Å²) in [5, 5.41) is 3.94. The van der Waals surface area contributed by atoms with Crippen LogP contribution in [0.4, 0.5) is 0 Å². The average molecular weight is 413 g/mol. The Balaban J connectivity index is 1.32. The van der Waals surface area contributed by atoms with Crippen molar-refractivity contribution < 1.29 is 13.7 Å². The summed E-state index contributed by atoms with van der Waals surface area (Å²) >= 11 is 0. The normalized spacial score (nSPS) is 15.6. The van der Waals surface area contributed by atoms with E-state index in [0.29, 0.717) is 30.3 Å². The van der Waals surface area contributed by atoms with Gasteiger partial charge >= 0.3 is 0 Å². The Hall–Kier alpha value is -3.67. The van der Waals surface area contributed by atoms with Crippen molar-refractivity contribution in [2.45, 2.75) is 31.7 Å². The second-order valence-electron chi connectivity index (χ2n) is 7.73. The lowest BCUT2D eigenvalue weighted by atomic mass is 9.88. The van der Waals surface area contributed by atoms with E-state index in [1.165, 1.54) is 16.7 Å². The number of aryl methyl sites for hydroxylation is 1. The summed E-state index contributed by atoms with van der Waals surface area (Å²) < 4.78 is 10.6. The highest BCUT2D eigenvalue weighted by Gasteiger charge is 2.30. The lowest BCUT2D eigenvalue weighted by Gasteiger charge is -2.37. The van der Waals surface area contributed by atoms with Gasteiger partial charge < -0.3 is 13.8 Å². The molecule has 0 saturated heterocycles. The number of furan rings is 1. The van der Waals surface area contributed by atoms with Gasteiger partial charge in [-0.25, -0.2) is 0 Å². The molecule has 0 saturated carbocycles. The molecule has 4 aromatic rings. The minimum Gasteiger partial charge on any atom is -0.461 e. The van der Waals surface area contributed by atoms with Crippen LogP contribution in [0.5, 0.6) is 0 Å². The number of hydrogen-bond acceptors (Lipinski definition) is 5. The fourth-order valence-electron chi connectivity index (χ4n) is 4.23. The second kappa shape index (κ2) is 8.60. The van der Waals surface area contributed by atoms with E-state index in [9.17, 15) is 4.79 Å². The van der Waals surface area contributed by atoms with E-state index in [-0.39, 0.29) is 11.9 Å². The van der Waals surface area contributed by atoms with Gasteiger partial charge in [-0.1, -0.05) is 59.8 Å². The molecule has 0 radical (unpaired) electrons. The maximum atomic E-state index is 13.2. The SMILES string of the molecule is O=C(CCc1nc(-c2ccco2)no1)N1CCc2ccccc2C1Cc1ccccc1. The molecular formula is C25H23N3O3. The summed E-state index contributed by atoms with van der Waals surface area (Å²) in [5.41, 5.74) is 3.79. The first-order valence-corrected chi connectivity index (χ1v) is 10.6. The molecule has 2 aromatic carbocycles. The molecular weight excluding hydrogens is 390 g/mol. The van der Waals surface area contributed by atoms with Gasteiger partial charge in [0.25, 0.3) is 0 Å². The van der Waals surface area contributed by atoms with Gasteiger partial charge in [-0.15, -0.1) is 0 Å². The maximum absolute atomic E-state index is 13.2. The highest BCUT2D eigenvalue weighted by Crippen LogP contribution is 2.33. The Labute approximate surface area is 180 Å². The third-order valence-corrected chi connectivity index (χ3v) is 5.77. The average Bonchev–Trinajstić information content (AvgIpc) is 3.50. The van der Waals surface area contributed by atoms with Crippen molar-refractivity contribution in [2.75, 3.05) is 6.54 Å². The zero-order chi connectivity index (χ0) is 21.0. The van der Waals surface area contributed by atoms with E-state index >= 15 is 0 Å². The number of fused-ring (bicyclic) bond motifs is 1. The number of nitrogens with zero attached hydrogens (tertiary/aromatic N) is 3. The molecule has 0 N–H and O–H groups in total. The molecule has 0 spiro atoms. The van der Waals surface area contributed by atoms with Gasteiger partial charge in [0.05, 0.1) is 12.3 Å². The molecule has 0 bridgehead atoms. The van der Waals surface area contributed by atoms with E-state index in [1.807, 2.05) is 23.1 Å². The van der Waals surface area contributed by atoms with Crippen LogP contribution in [-0.2, 0) is 24.1 Å². The van der Waals surface area contributed by atoms with Gasteiger partial charge in [-0.3, -0.25) is 4.79 Å². The number of aromatic nitrogens is 2. The molecule has 0 aliphatic carbocycles. The first-order chi connectivity index (χ1) is 15.3. The fraction of sp³-hybridized carbons (Fsp3) is 0.240. The van der Waals surface area contributed by atoms with Crippen molar-refractivity contribution in [2.24, 2.45) is 0 Å². The molecule has 1 aliphatic heterocycles. The Bertz CT molecular complexity index is 1150. The van der Waals surface area contributed by atoms with Crippen molar-refractivity contribution in [3.8, 4) is 11.6 Å². The number of carbonyl (C=O) groups excluding carboxylic acids is 1. The Kier molecular flexibility index (Phi) is 5.35. The molecule has 156 valence electrons. The van der Waals surface area contributed by atoms with Gasteiger partial charge in [0.2, 0.25) is 17.6 Å². The zero-order valence-electron chi connectivity index (χ0n) is 17.1. The third-order valence-electron chi connectivity index (χ3n) is 5.77. The van der Waals surface area contributed by atoms with Crippen LogP contribution < -0.4 is 0 Å². The van der Waals surface area contributed by atoms with E-state index in [2.05, 4.69) is 46.5 Å². The van der Waals surface area contributed by atoms with Crippen LogP contribution in [0.3, 0.4) is 0 Å². The van der Waals surface area contributed by atoms with Gasteiger partial charge in [-0.05, 0) is 41.7 Å². The van der Waals surface area contributed by atoms with E-state index in [1.54, 1.807) is 18.4 Å². The minimum atomic E-state index is 0.0289. The van der Waals surface area contributed by atoms with Crippen LogP contribution in [0, 0.1) is 0 Å². The predicted octanol–water partition coefficient (Wildman–Crippen LogP) is 4.63. The largest absolute Gasteiger partial charge is 0.461 e. The molecule has 1 amide bonds. The molecule has 1 unspecified atom stereocenters. The summed E-state index contributed by atoms with van der Waals surface area (Å²) in [7, 11) is 0. The zero-order valence-corrected chi connectivity index (χ0v) is 17.1. The summed E-state index contributed by atoms with van der Waals surface area (Å²) in [6.45, 7) is 0.717. The highest BCUT2D eigenvalue weighted by atomic mass is 16.5. The molecule has 5 rings (SSSR count). The monoisotopic (exact) mass is 413 g/mol. The lowest BCUT2D eigenvalue weighted by Crippen LogP contribution is -2.41. The lowest BCUT2D eigenvalue weighted by molar-refractivity contribution is -0.134. The minimum absolute atomic E-state index is 0.0289. The van der Waals surface area contributed by atoms with Crippen molar-refractivity contribution >= 4 is 5.91 Å². The molecule has 6 nitrogen and oxygen atoms in total. The quantitative estimate of drug-likeness (QED) is 0.461. The van der Waals surface area contributed by atoms with E-state index in [4.69, 9.17) is 8.94 Å². The smallest absolute Gasteiger partial charge is 0.238 e. The Morgan fingerprint density at radius 2 is 1.87 bits per heavy atom. The van der Waals surface area contributed by atoms with Crippen molar-refractivity contribution in [3.63, 3.8) is 0 Å². The summed E-state index contributed by atoms with van der Waals surface area (Å²) in [4.78, 5) is 19.6. The maximum Gasteiger partial charge on any atom is 0.238 e. The van der Waals surface area contributed by atoms with Gasteiger partial charge in [0.15, 0.2) is 5.76 Å². The van der Waals surface area contributed by atoms with Crippen molar-refractivity contribution in [1.29, 1.82) is 0 Å². The number of benzene rings is 2. The highest BCUT2D eigenvalue weighted by molar-refractivity contribution is 5.77. The first kappa shape index (κ1) is 19.3. The van der Waals surface area contributed by atoms with Crippen molar-refractivity contribution in [3.05, 3.63) is 95.6 Å². The van der Waals surface area contributed by atoms with Gasteiger partial charge in [-0.2, -0.15) is 4.98 Å². The molecule has 1 aliphatic rings. The predicted molar refractivity (Wildman–Crippen MR) is 115 cm³/mol. The number of rotatable bonds is 6. The van der Waals surface area contributed by atoms with Crippen LogP contribution >= 0.6 is 0 Å². The summed E-state index contributed by atoms with van der Waals surface area (Å²) in [5.74, 6) is 1.50. The van der Waals surface area contributed by atoms with Crippen LogP contribution in [-0.4, -0.2) is 27.5 Å². The topological polar surface area (TPSA) is 72.4 Å². The Morgan fingerprint density at radius 1 is 1.03 bits per heavy atom. The summed E-state index contributed by atoms with van der Waals surface area (Å²) in [6, 6.07) is 22.4. The fourth-order valence-corrected chi connectivity index (χ4v) is 4.23. The number of carbonyl (C=O) groups is 1.